The number of nitrogens with zero attached hydrogens (tertiary/aromatic N) is 2. The van der Waals surface area contributed by atoms with Gasteiger partial charge in [-0.2, -0.15) is 0 Å². The average Bonchev–Trinajstić information content (AvgIpc) is 2.29. The van der Waals surface area contributed by atoms with Gasteiger partial charge >= 0.3 is 5.97 Å². The molecule has 1 saturated heterocycles. The van der Waals surface area contributed by atoms with Crippen molar-refractivity contribution < 1.29 is 9.90 Å². The lowest BCUT2D eigenvalue weighted by atomic mass is 9.99. The number of pyridine rings is 1. The van der Waals surface area contributed by atoms with Gasteiger partial charge < -0.3 is 10.0 Å². The predicted octanol–water partition coefficient (Wildman–Crippen LogP) is 2.02. The Kier molecular flexibility index (Phi) is 3.08. The zero-order valence-corrected chi connectivity index (χ0v) is 9.39. The Bertz CT molecular complexity index is 392. The summed E-state index contributed by atoms with van der Waals surface area (Å²) in [4.78, 5) is 17.1. The van der Waals surface area contributed by atoms with Crippen molar-refractivity contribution in [1.82, 2.24) is 4.98 Å². The van der Waals surface area contributed by atoms with Crippen molar-refractivity contribution in [2.75, 3.05) is 18.0 Å². The lowest BCUT2D eigenvalue weighted by Crippen LogP contribution is -2.35. The number of carbonyl (C=O) groups is 1. The smallest absolute Gasteiger partial charge is 0.356 e. The highest BCUT2D eigenvalue weighted by atomic mass is 16.4. The van der Waals surface area contributed by atoms with E-state index < -0.39 is 5.97 Å². The second kappa shape index (κ2) is 4.51. The van der Waals surface area contributed by atoms with Crippen LogP contribution in [0.25, 0.3) is 0 Å². The molecule has 2 rings (SSSR count). The summed E-state index contributed by atoms with van der Waals surface area (Å²) in [5.74, 6) is -0.329. The van der Waals surface area contributed by atoms with Crippen molar-refractivity contribution in [3.05, 3.63) is 24.0 Å². The third-order valence-electron chi connectivity index (χ3n) is 2.99. The summed E-state index contributed by atoms with van der Waals surface area (Å²) in [5, 5.41) is 9.07. The molecule has 1 aliphatic heterocycles. The fourth-order valence-electron chi connectivity index (χ4n) is 2.22. The molecule has 1 aromatic rings. The molecule has 86 valence electrons. The predicted molar refractivity (Wildman–Crippen MR) is 61.8 cm³/mol. The minimum atomic E-state index is -0.950. The van der Waals surface area contributed by atoms with Crippen LogP contribution in [0.3, 0.4) is 0 Å². The Hall–Kier alpha value is -1.58. The Morgan fingerprint density at radius 2 is 2.44 bits per heavy atom. The first-order valence-corrected chi connectivity index (χ1v) is 5.61. The van der Waals surface area contributed by atoms with Crippen LogP contribution >= 0.6 is 0 Å². The molecule has 0 aromatic carbocycles. The van der Waals surface area contributed by atoms with Gasteiger partial charge in [-0.05, 0) is 30.9 Å². The Labute approximate surface area is 94.9 Å². The largest absolute Gasteiger partial charge is 0.476 e. The highest BCUT2D eigenvalue weighted by Crippen LogP contribution is 2.24. The minimum absolute atomic E-state index is 0.164. The van der Waals surface area contributed by atoms with Gasteiger partial charge in [-0.3, -0.25) is 0 Å². The van der Waals surface area contributed by atoms with Crippen LogP contribution in [0.4, 0.5) is 5.69 Å². The molecule has 2 heterocycles. The summed E-state index contributed by atoms with van der Waals surface area (Å²) in [6.07, 6.45) is 3.87. The van der Waals surface area contributed by atoms with Gasteiger partial charge in [0, 0.05) is 19.3 Å². The number of hydrogen-bond donors (Lipinski definition) is 1. The summed E-state index contributed by atoms with van der Waals surface area (Å²) in [7, 11) is 0. The molecule has 1 aliphatic rings. The molecule has 4 heteroatoms. The van der Waals surface area contributed by atoms with E-state index in [1.165, 1.54) is 12.6 Å². The number of aromatic nitrogens is 1. The first-order chi connectivity index (χ1) is 7.68. The van der Waals surface area contributed by atoms with Crippen LogP contribution in [0.5, 0.6) is 0 Å². The lowest BCUT2D eigenvalue weighted by molar-refractivity contribution is 0.0691. The van der Waals surface area contributed by atoms with E-state index in [2.05, 4.69) is 16.8 Å². The van der Waals surface area contributed by atoms with Gasteiger partial charge in [-0.1, -0.05) is 6.92 Å². The molecule has 1 atom stereocenters. The van der Waals surface area contributed by atoms with Crippen LogP contribution in [0, 0.1) is 5.92 Å². The minimum Gasteiger partial charge on any atom is -0.476 e. The fourth-order valence-corrected chi connectivity index (χ4v) is 2.22. The molecule has 4 nitrogen and oxygen atoms in total. The summed E-state index contributed by atoms with van der Waals surface area (Å²) < 4.78 is 0. The third-order valence-corrected chi connectivity index (χ3v) is 2.99. The molecule has 1 fully saturated rings. The summed E-state index contributed by atoms with van der Waals surface area (Å²) in [6.45, 7) is 4.05. The van der Waals surface area contributed by atoms with E-state index in [0.717, 1.165) is 25.2 Å². The SMILES string of the molecule is C[C@@H]1CCCN(c2cccnc2C(=O)O)C1. The number of carboxylic acids is 1. The first-order valence-electron chi connectivity index (χ1n) is 5.61. The van der Waals surface area contributed by atoms with Crippen molar-refractivity contribution >= 4 is 11.7 Å². The van der Waals surface area contributed by atoms with E-state index in [0.29, 0.717) is 5.92 Å². The standard InChI is InChI=1S/C12H16N2O2/c1-9-4-3-7-14(8-9)10-5-2-6-13-11(10)12(15)16/h2,5-6,9H,3-4,7-8H2,1H3,(H,15,16)/t9-/m1/s1. The van der Waals surface area contributed by atoms with Crippen LogP contribution in [0.15, 0.2) is 18.3 Å². The molecular formula is C12H16N2O2. The van der Waals surface area contributed by atoms with Crippen LogP contribution < -0.4 is 4.90 Å². The number of hydrogen-bond acceptors (Lipinski definition) is 3. The molecule has 0 unspecified atom stereocenters. The van der Waals surface area contributed by atoms with E-state index in [9.17, 15) is 4.79 Å². The van der Waals surface area contributed by atoms with Crippen LogP contribution in [0.1, 0.15) is 30.3 Å². The Morgan fingerprint density at radius 1 is 1.62 bits per heavy atom. The Morgan fingerprint density at radius 3 is 3.12 bits per heavy atom. The van der Waals surface area contributed by atoms with Gasteiger partial charge in [0.15, 0.2) is 5.69 Å². The highest BCUT2D eigenvalue weighted by Gasteiger charge is 2.21. The number of aromatic carboxylic acids is 1. The maximum Gasteiger partial charge on any atom is 0.356 e. The zero-order chi connectivity index (χ0) is 11.5. The summed E-state index contributed by atoms with van der Waals surface area (Å²) >= 11 is 0. The van der Waals surface area contributed by atoms with Gasteiger partial charge in [0.25, 0.3) is 0 Å². The maximum absolute atomic E-state index is 11.1. The molecule has 16 heavy (non-hydrogen) atoms. The quantitative estimate of drug-likeness (QED) is 0.828. The molecule has 1 aromatic heterocycles. The van der Waals surface area contributed by atoms with E-state index in [4.69, 9.17) is 5.11 Å². The van der Waals surface area contributed by atoms with Crippen molar-refractivity contribution in [2.45, 2.75) is 19.8 Å². The second-order valence-corrected chi connectivity index (χ2v) is 4.37. The molecule has 0 radical (unpaired) electrons. The van der Waals surface area contributed by atoms with Crippen molar-refractivity contribution in [2.24, 2.45) is 5.92 Å². The fraction of sp³-hybridized carbons (Fsp3) is 0.500. The van der Waals surface area contributed by atoms with Crippen molar-refractivity contribution in [3.63, 3.8) is 0 Å². The van der Waals surface area contributed by atoms with E-state index >= 15 is 0 Å². The van der Waals surface area contributed by atoms with Gasteiger partial charge in [-0.15, -0.1) is 0 Å². The van der Waals surface area contributed by atoms with Crippen molar-refractivity contribution in [1.29, 1.82) is 0 Å². The monoisotopic (exact) mass is 220 g/mol. The van der Waals surface area contributed by atoms with Crippen LogP contribution in [0.2, 0.25) is 0 Å². The third kappa shape index (κ3) is 2.15. The summed E-state index contributed by atoms with van der Waals surface area (Å²) in [5.41, 5.74) is 0.915. The van der Waals surface area contributed by atoms with Crippen LogP contribution in [-0.2, 0) is 0 Å². The lowest BCUT2D eigenvalue weighted by Gasteiger charge is -2.33. The zero-order valence-electron chi connectivity index (χ0n) is 9.39. The number of anilines is 1. The number of carboxylic acid groups (broad SMARTS) is 1. The Balaban J connectivity index is 2.28. The summed E-state index contributed by atoms with van der Waals surface area (Å²) in [6, 6.07) is 3.63. The molecular weight excluding hydrogens is 204 g/mol. The highest BCUT2D eigenvalue weighted by molar-refractivity contribution is 5.92. The molecule has 1 N–H and O–H groups in total. The average molecular weight is 220 g/mol. The first kappa shape index (κ1) is 10.9. The van der Waals surface area contributed by atoms with E-state index in [-0.39, 0.29) is 5.69 Å². The van der Waals surface area contributed by atoms with Crippen molar-refractivity contribution in [3.8, 4) is 0 Å². The molecule has 0 spiro atoms. The molecule has 0 aliphatic carbocycles. The van der Waals surface area contributed by atoms with Gasteiger partial charge in [0.1, 0.15) is 0 Å². The van der Waals surface area contributed by atoms with Gasteiger partial charge in [-0.25, -0.2) is 9.78 Å². The van der Waals surface area contributed by atoms with Gasteiger partial charge in [0.05, 0.1) is 5.69 Å². The number of rotatable bonds is 2. The van der Waals surface area contributed by atoms with E-state index in [1.807, 2.05) is 6.07 Å². The second-order valence-electron chi connectivity index (χ2n) is 4.37. The van der Waals surface area contributed by atoms with E-state index in [1.54, 1.807) is 6.07 Å². The normalized spacial score (nSPS) is 20.8. The molecule has 0 bridgehead atoms. The molecule has 0 saturated carbocycles. The molecule has 0 amide bonds. The number of piperidine rings is 1. The topological polar surface area (TPSA) is 53.4 Å². The van der Waals surface area contributed by atoms with Crippen LogP contribution in [-0.4, -0.2) is 29.1 Å². The maximum atomic E-state index is 11.1. The van der Waals surface area contributed by atoms with Gasteiger partial charge in [0.2, 0.25) is 0 Å².